The third kappa shape index (κ3) is 3.70. The van der Waals surface area contributed by atoms with Gasteiger partial charge in [0, 0.05) is 23.2 Å². The van der Waals surface area contributed by atoms with Crippen molar-refractivity contribution in [3.63, 3.8) is 0 Å². The molecule has 0 fully saturated rings. The maximum Gasteiger partial charge on any atom is 0.336 e. The zero-order chi connectivity index (χ0) is 23.0. The first-order chi connectivity index (χ1) is 15.3. The Kier molecular flexibility index (Phi) is 5.87. The molecule has 3 heterocycles. The first-order valence-electron chi connectivity index (χ1n) is 9.26. The topological polar surface area (TPSA) is 89.9 Å². The first-order valence-corrected chi connectivity index (χ1v) is 10.5. The summed E-state index contributed by atoms with van der Waals surface area (Å²) in [6, 6.07) is 7.65. The molecule has 0 atom stereocenters. The van der Waals surface area contributed by atoms with Crippen molar-refractivity contribution in [1.82, 2.24) is 14.1 Å². The molecule has 4 rings (SSSR count). The zero-order valence-electron chi connectivity index (χ0n) is 16.6. The standard InChI is InChI=1S/C21H13BClFN4O3S/c1-31-17-6-13(14(23)7-15(17)24)18-8-16-19(32-18)20(29)28(12-5-11(22)9-26-10-12)21(30)27(16)4-2-3-25/h5-10H,2,4H2,1H3. The summed E-state index contributed by atoms with van der Waals surface area (Å²) in [6.07, 6.45) is 2.81. The van der Waals surface area contributed by atoms with E-state index in [1.165, 1.54) is 36.2 Å². The molecule has 0 bridgehead atoms. The highest BCUT2D eigenvalue weighted by Crippen LogP contribution is 2.38. The molecule has 3 aromatic heterocycles. The molecule has 32 heavy (non-hydrogen) atoms. The van der Waals surface area contributed by atoms with Crippen LogP contribution in [0.3, 0.4) is 0 Å². The second-order valence-electron chi connectivity index (χ2n) is 6.75. The van der Waals surface area contributed by atoms with E-state index in [2.05, 4.69) is 4.98 Å². The van der Waals surface area contributed by atoms with Crippen molar-refractivity contribution in [3.05, 3.63) is 68.3 Å². The van der Waals surface area contributed by atoms with E-state index in [-0.39, 0.29) is 39.6 Å². The molecule has 7 nitrogen and oxygen atoms in total. The minimum absolute atomic E-state index is 0.00743. The summed E-state index contributed by atoms with van der Waals surface area (Å²) in [5.41, 5.74) is 0.104. The van der Waals surface area contributed by atoms with Crippen LogP contribution in [0.4, 0.5) is 4.39 Å². The zero-order valence-corrected chi connectivity index (χ0v) is 18.2. The molecule has 0 amide bonds. The molecular weight excluding hydrogens is 454 g/mol. The van der Waals surface area contributed by atoms with E-state index in [4.69, 9.17) is 29.4 Å². The number of halogens is 2. The van der Waals surface area contributed by atoms with Crippen LogP contribution >= 0.6 is 22.9 Å². The van der Waals surface area contributed by atoms with E-state index in [0.29, 0.717) is 16.0 Å². The van der Waals surface area contributed by atoms with Crippen molar-refractivity contribution in [1.29, 1.82) is 5.26 Å². The van der Waals surface area contributed by atoms with Crippen LogP contribution in [-0.4, -0.2) is 29.1 Å². The molecule has 0 saturated carbocycles. The van der Waals surface area contributed by atoms with E-state index in [1.807, 2.05) is 6.07 Å². The van der Waals surface area contributed by atoms with Gasteiger partial charge in [-0.15, -0.1) is 11.3 Å². The number of ether oxygens (including phenoxy) is 1. The molecule has 0 aliphatic heterocycles. The van der Waals surface area contributed by atoms with Gasteiger partial charge in [0.15, 0.2) is 11.6 Å². The van der Waals surface area contributed by atoms with Gasteiger partial charge < -0.3 is 4.74 Å². The molecule has 0 spiro atoms. The maximum absolute atomic E-state index is 14.0. The Labute approximate surface area is 191 Å². The van der Waals surface area contributed by atoms with E-state index < -0.39 is 17.1 Å². The third-order valence-corrected chi connectivity index (χ3v) is 6.24. The lowest BCUT2D eigenvalue weighted by Gasteiger charge is -2.11. The van der Waals surface area contributed by atoms with Gasteiger partial charge in [-0.05, 0) is 24.3 Å². The molecule has 0 aliphatic carbocycles. The Balaban J connectivity index is 2.05. The summed E-state index contributed by atoms with van der Waals surface area (Å²) in [4.78, 5) is 31.0. The van der Waals surface area contributed by atoms with Crippen LogP contribution in [0.15, 0.2) is 46.2 Å². The molecule has 11 heteroatoms. The number of rotatable bonds is 5. The Morgan fingerprint density at radius 3 is 2.75 bits per heavy atom. The smallest absolute Gasteiger partial charge is 0.336 e. The van der Waals surface area contributed by atoms with Gasteiger partial charge in [-0.2, -0.15) is 5.26 Å². The number of hydrogen-bond donors (Lipinski definition) is 0. The number of aryl methyl sites for hydroxylation is 1. The van der Waals surface area contributed by atoms with Crippen LogP contribution in [-0.2, 0) is 6.54 Å². The summed E-state index contributed by atoms with van der Waals surface area (Å²) in [5.74, 6) is -0.628. The molecule has 2 radical (unpaired) electrons. The van der Waals surface area contributed by atoms with Crippen LogP contribution < -0.4 is 21.4 Å². The molecular formula is C21H13BClFN4O3S. The second kappa shape index (κ2) is 8.61. The number of hydrogen-bond acceptors (Lipinski definition) is 6. The predicted molar refractivity (Wildman–Crippen MR) is 122 cm³/mol. The highest BCUT2D eigenvalue weighted by Gasteiger charge is 2.20. The molecule has 158 valence electrons. The van der Waals surface area contributed by atoms with Crippen LogP contribution in [0.2, 0.25) is 5.02 Å². The molecule has 0 saturated heterocycles. The first kappa shape index (κ1) is 21.8. The largest absolute Gasteiger partial charge is 0.494 e. The van der Waals surface area contributed by atoms with Gasteiger partial charge >= 0.3 is 5.69 Å². The molecule has 4 aromatic rings. The Bertz CT molecular complexity index is 1520. The quantitative estimate of drug-likeness (QED) is 0.422. The van der Waals surface area contributed by atoms with Crippen molar-refractivity contribution in [2.24, 2.45) is 0 Å². The number of pyridine rings is 1. The molecule has 0 aliphatic rings. The van der Waals surface area contributed by atoms with Crippen LogP contribution in [0.5, 0.6) is 5.75 Å². The lowest BCUT2D eigenvalue weighted by atomic mass is 9.99. The summed E-state index contributed by atoms with van der Waals surface area (Å²) in [7, 11) is 7.11. The van der Waals surface area contributed by atoms with E-state index >= 15 is 0 Å². The van der Waals surface area contributed by atoms with Crippen LogP contribution in [0, 0.1) is 17.1 Å². The number of fused-ring (bicyclic) bond motifs is 1. The monoisotopic (exact) mass is 466 g/mol. The van der Waals surface area contributed by atoms with Gasteiger partial charge in [0.1, 0.15) is 12.5 Å². The average Bonchev–Trinajstić information content (AvgIpc) is 3.19. The fourth-order valence-electron chi connectivity index (χ4n) is 3.33. The maximum atomic E-state index is 14.0. The molecule has 0 N–H and O–H groups in total. The SMILES string of the molecule is [B]c1cncc(-n2c(=O)c3sc(-c4cc(OC)c(F)cc4Cl)cc3n(CCC#N)c2=O)c1. The predicted octanol–water partition coefficient (Wildman–Crippen LogP) is 2.78. The van der Waals surface area contributed by atoms with Crippen molar-refractivity contribution in [2.45, 2.75) is 13.0 Å². The van der Waals surface area contributed by atoms with E-state index in [9.17, 15) is 14.0 Å². The van der Waals surface area contributed by atoms with Crippen molar-refractivity contribution in [2.75, 3.05) is 7.11 Å². The number of thiophene rings is 1. The number of benzene rings is 1. The normalized spacial score (nSPS) is 10.9. The van der Waals surface area contributed by atoms with Crippen molar-refractivity contribution in [3.8, 4) is 27.9 Å². The van der Waals surface area contributed by atoms with Gasteiger partial charge in [-0.1, -0.05) is 17.1 Å². The van der Waals surface area contributed by atoms with Crippen LogP contribution in [0.25, 0.3) is 26.3 Å². The van der Waals surface area contributed by atoms with Gasteiger partial charge in [0.25, 0.3) is 5.56 Å². The Morgan fingerprint density at radius 1 is 1.28 bits per heavy atom. The fourth-order valence-corrected chi connectivity index (χ4v) is 4.76. The lowest BCUT2D eigenvalue weighted by molar-refractivity contribution is 0.387. The third-order valence-electron chi connectivity index (χ3n) is 4.78. The highest BCUT2D eigenvalue weighted by atomic mass is 35.5. The Morgan fingerprint density at radius 2 is 2.06 bits per heavy atom. The van der Waals surface area contributed by atoms with Gasteiger partial charge in [0.2, 0.25) is 0 Å². The van der Waals surface area contributed by atoms with Crippen molar-refractivity contribution < 1.29 is 9.13 Å². The summed E-state index contributed by atoms with van der Waals surface area (Å²) in [5, 5.41) is 9.17. The number of aromatic nitrogens is 3. The van der Waals surface area contributed by atoms with Gasteiger partial charge in [-0.3, -0.25) is 14.3 Å². The average molecular weight is 467 g/mol. The number of nitriles is 1. The van der Waals surface area contributed by atoms with Crippen molar-refractivity contribution >= 4 is 46.5 Å². The van der Waals surface area contributed by atoms with E-state index in [1.54, 1.807) is 6.07 Å². The van der Waals surface area contributed by atoms with E-state index in [0.717, 1.165) is 22.0 Å². The summed E-state index contributed by atoms with van der Waals surface area (Å²) < 4.78 is 21.6. The lowest BCUT2D eigenvalue weighted by Crippen LogP contribution is -2.38. The minimum atomic E-state index is -0.628. The number of nitrogens with zero attached hydrogens (tertiary/aromatic N) is 4. The number of methoxy groups -OCH3 is 1. The highest BCUT2D eigenvalue weighted by molar-refractivity contribution is 7.22. The minimum Gasteiger partial charge on any atom is -0.494 e. The van der Waals surface area contributed by atoms with Gasteiger partial charge in [0.05, 0.1) is 42.0 Å². The summed E-state index contributed by atoms with van der Waals surface area (Å²) in [6.45, 7) is 0.0680. The van der Waals surface area contributed by atoms with Gasteiger partial charge in [-0.25, -0.2) is 13.8 Å². The summed E-state index contributed by atoms with van der Waals surface area (Å²) >= 11 is 7.35. The van der Waals surface area contributed by atoms with Crippen LogP contribution in [0.1, 0.15) is 6.42 Å². The molecule has 1 aromatic carbocycles. The molecule has 0 unspecified atom stereocenters. The Hall–Kier alpha value is -3.42. The fraction of sp³-hybridized carbons (Fsp3) is 0.143. The second-order valence-corrected chi connectivity index (χ2v) is 8.21.